The highest BCUT2D eigenvalue weighted by atomic mass is 32.1. The Morgan fingerprint density at radius 3 is 2.88 bits per heavy atom. The monoisotopic (exact) mass is 444 g/mol. The summed E-state index contributed by atoms with van der Waals surface area (Å²) in [6.07, 6.45) is 7.95. The van der Waals surface area contributed by atoms with Crippen molar-refractivity contribution >= 4 is 17.2 Å². The van der Waals surface area contributed by atoms with Crippen molar-refractivity contribution in [2.75, 3.05) is 13.1 Å². The second kappa shape index (κ2) is 9.04. The number of pyridine rings is 1. The number of piperidine rings is 1. The second-order valence-corrected chi connectivity index (χ2v) is 9.09. The summed E-state index contributed by atoms with van der Waals surface area (Å²) in [6, 6.07) is 14.1. The van der Waals surface area contributed by atoms with Gasteiger partial charge in [0.1, 0.15) is 15.6 Å². The summed E-state index contributed by atoms with van der Waals surface area (Å²) in [6.45, 7) is 3.26. The van der Waals surface area contributed by atoms with Crippen LogP contribution in [0.1, 0.15) is 51.3 Å². The number of carbonyl (C=O) groups excluding carboxylic acids is 1. The Balaban J connectivity index is 1.29. The Bertz CT molecular complexity index is 1200. The molecule has 6 nitrogen and oxygen atoms in total. The SMILES string of the molecule is Cc1nc(-c2cccnc2)sc1C(=O)N1CCC[C@@H](c2ncc(Cc3ccccc3)o2)C1. The summed E-state index contributed by atoms with van der Waals surface area (Å²) in [5.74, 6) is 1.73. The van der Waals surface area contributed by atoms with Crippen molar-refractivity contribution in [1.29, 1.82) is 0 Å². The number of thiazole rings is 1. The largest absolute Gasteiger partial charge is 0.445 e. The number of rotatable bonds is 5. The average molecular weight is 445 g/mol. The molecular weight excluding hydrogens is 420 g/mol. The van der Waals surface area contributed by atoms with Crippen LogP contribution in [0.25, 0.3) is 10.6 Å². The molecule has 0 bridgehead atoms. The molecule has 0 N–H and O–H groups in total. The van der Waals surface area contributed by atoms with Crippen LogP contribution in [0.3, 0.4) is 0 Å². The minimum Gasteiger partial charge on any atom is -0.445 e. The lowest BCUT2D eigenvalue weighted by molar-refractivity contribution is 0.0702. The topological polar surface area (TPSA) is 72.1 Å². The molecule has 1 saturated heterocycles. The number of hydrogen-bond donors (Lipinski definition) is 0. The summed E-state index contributed by atoms with van der Waals surface area (Å²) in [4.78, 5) is 29.3. The minimum atomic E-state index is 0.0379. The molecule has 162 valence electrons. The van der Waals surface area contributed by atoms with Gasteiger partial charge in [0.25, 0.3) is 5.91 Å². The quantitative estimate of drug-likeness (QED) is 0.428. The fourth-order valence-corrected chi connectivity index (χ4v) is 5.13. The highest BCUT2D eigenvalue weighted by molar-refractivity contribution is 7.17. The zero-order valence-corrected chi connectivity index (χ0v) is 18.7. The molecule has 0 aliphatic carbocycles. The number of hydrogen-bond acceptors (Lipinski definition) is 6. The highest BCUT2D eigenvalue weighted by Crippen LogP contribution is 2.32. The Morgan fingerprint density at radius 1 is 1.19 bits per heavy atom. The molecule has 0 spiro atoms. The standard InChI is InChI=1S/C25H24N4O2S/c1-17-22(32-24(28-17)19-9-5-11-26-14-19)25(30)29-12-6-10-20(16-29)23-27-15-21(31-23)13-18-7-3-2-4-8-18/h2-5,7-9,11,14-15,20H,6,10,12-13,16H2,1H3/t20-/m1/s1. The van der Waals surface area contributed by atoms with E-state index >= 15 is 0 Å². The van der Waals surface area contributed by atoms with Gasteiger partial charge in [-0.3, -0.25) is 9.78 Å². The summed E-state index contributed by atoms with van der Waals surface area (Å²) >= 11 is 1.44. The van der Waals surface area contributed by atoms with Crippen molar-refractivity contribution in [3.05, 3.63) is 88.8 Å². The third-order valence-corrected chi connectivity index (χ3v) is 6.94. The first-order valence-corrected chi connectivity index (χ1v) is 11.6. The molecule has 3 aromatic heterocycles. The maximum atomic E-state index is 13.3. The summed E-state index contributed by atoms with van der Waals surface area (Å²) in [5.41, 5.74) is 2.89. The number of likely N-dealkylation sites (tertiary alicyclic amines) is 1. The fourth-order valence-electron chi connectivity index (χ4n) is 4.10. The van der Waals surface area contributed by atoms with Gasteiger partial charge >= 0.3 is 0 Å². The van der Waals surface area contributed by atoms with Gasteiger partial charge in [-0.15, -0.1) is 11.3 Å². The van der Waals surface area contributed by atoms with Gasteiger partial charge in [0.2, 0.25) is 0 Å². The average Bonchev–Trinajstić information content (AvgIpc) is 3.47. The maximum Gasteiger partial charge on any atom is 0.265 e. The highest BCUT2D eigenvalue weighted by Gasteiger charge is 2.30. The summed E-state index contributed by atoms with van der Waals surface area (Å²) < 4.78 is 6.08. The molecular formula is C25H24N4O2S. The first-order valence-electron chi connectivity index (χ1n) is 10.8. The Morgan fingerprint density at radius 2 is 2.06 bits per heavy atom. The van der Waals surface area contributed by atoms with E-state index in [0.29, 0.717) is 11.4 Å². The van der Waals surface area contributed by atoms with Gasteiger partial charge < -0.3 is 9.32 Å². The lowest BCUT2D eigenvalue weighted by Crippen LogP contribution is -2.39. The smallest absolute Gasteiger partial charge is 0.265 e. The number of aromatic nitrogens is 3. The van der Waals surface area contributed by atoms with Crippen LogP contribution in [0, 0.1) is 6.92 Å². The number of benzene rings is 1. The minimum absolute atomic E-state index is 0.0379. The van der Waals surface area contributed by atoms with Gasteiger partial charge in [-0.2, -0.15) is 0 Å². The van der Waals surface area contributed by atoms with Crippen molar-refractivity contribution in [3.8, 4) is 10.6 Å². The zero-order valence-electron chi connectivity index (χ0n) is 17.9. The van der Waals surface area contributed by atoms with Gasteiger partial charge in [-0.05, 0) is 37.5 Å². The normalized spacial score (nSPS) is 16.3. The fraction of sp³-hybridized carbons (Fsp3) is 0.280. The predicted molar refractivity (Wildman–Crippen MR) is 124 cm³/mol. The van der Waals surface area contributed by atoms with Crippen LogP contribution in [-0.2, 0) is 6.42 Å². The van der Waals surface area contributed by atoms with Crippen LogP contribution in [-0.4, -0.2) is 38.8 Å². The van der Waals surface area contributed by atoms with Crippen LogP contribution in [0.5, 0.6) is 0 Å². The van der Waals surface area contributed by atoms with Crippen LogP contribution >= 0.6 is 11.3 Å². The van der Waals surface area contributed by atoms with Crippen molar-refractivity contribution in [3.63, 3.8) is 0 Å². The van der Waals surface area contributed by atoms with Crippen molar-refractivity contribution in [2.45, 2.75) is 32.1 Å². The van der Waals surface area contributed by atoms with E-state index in [0.717, 1.165) is 53.7 Å². The van der Waals surface area contributed by atoms with E-state index < -0.39 is 0 Å². The lowest BCUT2D eigenvalue weighted by Gasteiger charge is -2.31. The Labute approximate surface area is 191 Å². The van der Waals surface area contributed by atoms with Crippen molar-refractivity contribution in [1.82, 2.24) is 19.9 Å². The van der Waals surface area contributed by atoms with Gasteiger partial charge in [-0.25, -0.2) is 9.97 Å². The molecule has 1 atom stereocenters. The number of amides is 1. The van der Waals surface area contributed by atoms with E-state index in [1.165, 1.54) is 16.9 Å². The molecule has 32 heavy (non-hydrogen) atoms. The van der Waals surface area contributed by atoms with E-state index in [-0.39, 0.29) is 11.8 Å². The third-order valence-electron chi connectivity index (χ3n) is 5.75. The van der Waals surface area contributed by atoms with Crippen LogP contribution in [0.4, 0.5) is 0 Å². The van der Waals surface area contributed by atoms with Crippen molar-refractivity contribution < 1.29 is 9.21 Å². The van der Waals surface area contributed by atoms with Crippen LogP contribution in [0.2, 0.25) is 0 Å². The Kier molecular flexibility index (Phi) is 5.81. The van der Waals surface area contributed by atoms with E-state index in [4.69, 9.17) is 4.42 Å². The summed E-state index contributed by atoms with van der Waals surface area (Å²) in [7, 11) is 0. The molecule has 5 rings (SSSR count). The lowest BCUT2D eigenvalue weighted by atomic mass is 9.98. The predicted octanol–water partition coefficient (Wildman–Crippen LogP) is 5.11. The molecule has 1 aliphatic rings. The van der Waals surface area contributed by atoms with E-state index in [1.54, 1.807) is 12.4 Å². The molecule has 1 fully saturated rings. The maximum absolute atomic E-state index is 13.3. The van der Waals surface area contributed by atoms with Gasteiger partial charge in [0.05, 0.1) is 17.8 Å². The van der Waals surface area contributed by atoms with Gasteiger partial charge in [0.15, 0.2) is 5.89 Å². The number of aryl methyl sites for hydroxylation is 1. The van der Waals surface area contributed by atoms with Crippen LogP contribution < -0.4 is 0 Å². The van der Waals surface area contributed by atoms with Gasteiger partial charge in [0, 0.05) is 37.5 Å². The third kappa shape index (κ3) is 4.34. The molecule has 0 unspecified atom stereocenters. The second-order valence-electron chi connectivity index (χ2n) is 8.09. The number of carbonyl (C=O) groups is 1. The molecule has 1 aromatic carbocycles. The molecule has 0 saturated carbocycles. The zero-order chi connectivity index (χ0) is 21.9. The molecule has 1 amide bonds. The first-order chi connectivity index (χ1) is 15.7. The Hall–Kier alpha value is -3.32. The van der Waals surface area contributed by atoms with E-state index in [2.05, 4.69) is 27.1 Å². The van der Waals surface area contributed by atoms with E-state index in [9.17, 15) is 4.79 Å². The molecule has 1 aliphatic heterocycles. The molecule has 4 heterocycles. The molecule has 7 heteroatoms. The molecule has 4 aromatic rings. The first kappa shape index (κ1) is 20.6. The van der Waals surface area contributed by atoms with Gasteiger partial charge in [-0.1, -0.05) is 30.3 Å². The van der Waals surface area contributed by atoms with E-state index in [1.807, 2.05) is 48.4 Å². The van der Waals surface area contributed by atoms with Crippen LogP contribution in [0.15, 0.2) is 65.5 Å². The number of nitrogens with zero attached hydrogens (tertiary/aromatic N) is 4. The summed E-state index contributed by atoms with van der Waals surface area (Å²) in [5, 5.41) is 0.825. The number of oxazole rings is 1. The van der Waals surface area contributed by atoms with Crippen molar-refractivity contribution in [2.24, 2.45) is 0 Å². The molecule has 0 radical (unpaired) electrons.